The van der Waals surface area contributed by atoms with E-state index in [-0.39, 0.29) is 5.92 Å². The molecule has 1 saturated carbocycles. The molecule has 0 bridgehead atoms. The highest BCUT2D eigenvalue weighted by Crippen LogP contribution is 2.35. The van der Waals surface area contributed by atoms with Gasteiger partial charge in [-0.25, -0.2) is 4.79 Å². The molecule has 1 aliphatic carbocycles. The molecule has 31 heavy (non-hydrogen) atoms. The second-order valence-electron chi connectivity index (χ2n) is 8.75. The molecule has 8 heteroatoms. The highest BCUT2D eigenvalue weighted by molar-refractivity contribution is 6.08. The summed E-state index contributed by atoms with van der Waals surface area (Å²) in [4.78, 5) is 50.2. The van der Waals surface area contributed by atoms with Crippen molar-refractivity contribution in [3.8, 4) is 0 Å². The van der Waals surface area contributed by atoms with Gasteiger partial charge in [0, 0.05) is 0 Å². The number of ether oxygens (including phenoxy) is 1. The molecule has 1 aromatic carbocycles. The van der Waals surface area contributed by atoms with Crippen molar-refractivity contribution in [1.82, 2.24) is 15.8 Å². The van der Waals surface area contributed by atoms with Crippen LogP contribution in [0.5, 0.6) is 0 Å². The molecule has 2 aliphatic rings. The second-order valence-corrected chi connectivity index (χ2v) is 8.75. The van der Waals surface area contributed by atoms with Crippen LogP contribution in [0.1, 0.15) is 64.4 Å². The summed E-state index contributed by atoms with van der Waals surface area (Å²) in [7, 11) is 0. The van der Waals surface area contributed by atoms with Gasteiger partial charge >= 0.3 is 12.0 Å². The first-order chi connectivity index (χ1) is 14.8. The lowest BCUT2D eigenvalue weighted by molar-refractivity contribution is -0.153. The Labute approximate surface area is 182 Å². The largest absolute Gasteiger partial charge is 0.455 e. The number of urea groups is 1. The van der Waals surface area contributed by atoms with E-state index in [1.807, 2.05) is 44.2 Å². The van der Waals surface area contributed by atoms with Crippen molar-refractivity contribution in [1.29, 1.82) is 0 Å². The third-order valence-electron chi connectivity index (χ3n) is 6.50. The first-order valence-corrected chi connectivity index (χ1v) is 10.9. The van der Waals surface area contributed by atoms with E-state index < -0.39 is 41.9 Å². The van der Waals surface area contributed by atoms with E-state index in [4.69, 9.17) is 4.74 Å². The monoisotopic (exact) mass is 429 g/mol. The molecule has 168 valence electrons. The second kappa shape index (κ2) is 9.49. The molecular weight excluding hydrogens is 398 g/mol. The van der Waals surface area contributed by atoms with Gasteiger partial charge in [-0.15, -0.1) is 0 Å². The minimum Gasteiger partial charge on any atom is -0.455 e. The molecule has 1 heterocycles. The van der Waals surface area contributed by atoms with E-state index in [0.29, 0.717) is 18.8 Å². The van der Waals surface area contributed by atoms with Crippen LogP contribution in [0.15, 0.2) is 30.3 Å². The zero-order valence-corrected chi connectivity index (χ0v) is 18.3. The summed E-state index contributed by atoms with van der Waals surface area (Å²) in [6.45, 7) is 5.49. The van der Waals surface area contributed by atoms with Gasteiger partial charge in [-0.1, -0.05) is 57.5 Å². The van der Waals surface area contributed by atoms with Crippen molar-refractivity contribution in [2.45, 2.75) is 64.3 Å². The number of hydrogen-bond acceptors (Lipinski definition) is 5. The maximum absolute atomic E-state index is 12.8. The Kier molecular flexibility index (Phi) is 6.97. The quantitative estimate of drug-likeness (QED) is 0.512. The van der Waals surface area contributed by atoms with Gasteiger partial charge < -0.3 is 10.1 Å². The average Bonchev–Trinajstić information content (AvgIpc) is 2.99. The molecule has 0 aromatic heterocycles. The van der Waals surface area contributed by atoms with E-state index in [1.54, 1.807) is 0 Å². The Hall–Kier alpha value is -2.90. The van der Waals surface area contributed by atoms with Crippen LogP contribution in [0.4, 0.5) is 4.79 Å². The summed E-state index contributed by atoms with van der Waals surface area (Å²) in [5.41, 5.74) is 2.18. The van der Waals surface area contributed by atoms with Crippen LogP contribution in [0, 0.1) is 11.8 Å². The summed E-state index contributed by atoms with van der Waals surface area (Å²) in [5.74, 6) is -1.66. The smallest absolute Gasteiger partial charge is 0.344 e. The number of rotatable bonds is 7. The number of hydrazine groups is 1. The molecule has 2 fully saturated rings. The number of nitrogens with one attached hydrogen (secondary N) is 2. The molecule has 2 N–H and O–H groups in total. The highest BCUT2D eigenvalue weighted by atomic mass is 16.5. The average molecular weight is 430 g/mol. The SMILES string of the molecule is CCC(C)C(C(=O)OCC(=O)NN1C(=O)NC2(CCC(C)CC2)C1=O)c1ccccc1. The lowest BCUT2D eigenvalue weighted by Crippen LogP contribution is -2.52. The first kappa shape index (κ1) is 22.8. The molecule has 4 amide bonds. The third-order valence-corrected chi connectivity index (χ3v) is 6.50. The number of benzene rings is 1. The fourth-order valence-corrected chi connectivity index (χ4v) is 4.29. The van der Waals surface area contributed by atoms with Gasteiger partial charge in [-0.3, -0.25) is 19.8 Å². The number of nitrogens with zero attached hydrogens (tertiary/aromatic N) is 1. The van der Waals surface area contributed by atoms with Crippen LogP contribution in [0.3, 0.4) is 0 Å². The van der Waals surface area contributed by atoms with Crippen LogP contribution in [0.25, 0.3) is 0 Å². The molecule has 2 unspecified atom stereocenters. The molecule has 1 aliphatic heterocycles. The fraction of sp³-hybridized carbons (Fsp3) is 0.565. The van der Waals surface area contributed by atoms with Crippen LogP contribution in [-0.2, 0) is 19.1 Å². The minimum absolute atomic E-state index is 0.0254. The Balaban J connectivity index is 1.58. The van der Waals surface area contributed by atoms with Gasteiger partial charge in [-0.2, -0.15) is 5.01 Å². The number of esters is 1. The maximum Gasteiger partial charge on any atom is 0.344 e. The van der Waals surface area contributed by atoms with E-state index in [9.17, 15) is 19.2 Å². The number of amides is 4. The Morgan fingerprint density at radius 2 is 1.87 bits per heavy atom. The maximum atomic E-state index is 12.8. The predicted octanol–water partition coefficient (Wildman–Crippen LogP) is 2.89. The van der Waals surface area contributed by atoms with E-state index in [0.717, 1.165) is 29.8 Å². The van der Waals surface area contributed by atoms with Gasteiger partial charge in [-0.05, 0) is 43.1 Å². The van der Waals surface area contributed by atoms with Crippen molar-refractivity contribution in [2.75, 3.05) is 6.61 Å². The van der Waals surface area contributed by atoms with Crippen molar-refractivity contribution in [3.05, 3.63) is 35.9 Å². The van der Waals surface area contributed by atoms with Gasteiger partial charge in [0.2, 0.25) is 0 Å². The molecule has 8 nitrogen and oxygen atoms in total. The van der Waals surface area contributed by atoms with E-state index >= 15 is 0 Å². The highest BCUT2D eigenvalue weighted by Gasteiger charge is 2.52. The van der Waals surface area contributed by atoms with Gasteiger partial charge in [0.1, 0.15) is 5.54 Å². The predicted molar refractivity (Wildman–Crippen MR) is 113 cm³/mol. The molecule has 3 rings (SSSR count). The molecule has 1 spiro atoms. The summed E-state index contributed by atoms with van der Waals surface area (Å²) >= 11 is 0. The minimum atomic E-state index is -0.942. The van der Waals surface area contributed by atoms with Crippen molar-refractivity contribution in [3.63, 3.8) is 0 Å². The zero-order chi connectivity index (χ0) is 22.6. The fourth-order valence-electron chi connectivity index (χ4n) is 4.29. The Morgan fingerprint density at radius 1 is 1.23 bits per heavy atom. The number of carbonyl (C=O) groups is 4. The lowest BCUT2D eigenvalue weighted by atomic mass is 9.77. The third kappa shape index (κ3) is 4.89. The Morgan fingerprint density at radius 3 is 2.48 bits per heavy atom. The van der Waals surface area contributed by atoms with Crippen LogP contribution < -0.4 is 10.7 Å². The molecule has 2 atom stereocenters. The van der Waals surface area contributed by atoms with Crippen molar-refractivity contribution >= 4 is 23.8 Å². The Bertz CT molecular complexity index is 833. The zero-order valence-electron chi connectivity index (χ0n) is 18.3. The van der Waals surface area contributed by atoms with Crippen LogP contribution >= 0.6 is 0 Å². The molecular formula is C23H31N3O5. The summed E-state index contributed by atoms with van der Waals surface area (Å²) in [6.07, 6.45) is 3.54. The van der Waals surface area contributed by atoms with Crippen molar-refractivity contribution < 1.29 is 23.9 Å². The first-order valence-electron chi connectivity index (χ1n) is 10.9. The summed E-state index contributed by atoms with van der Waals surface area (Å²) in [6, 6.07) is 8.63. The molecule has 0 radical (unpaired) electrons. The van der Waals surface area contributed by atoms with Crippen LogP contribution in [-0.4, -0.2) is 41.0 Å². The molecule has 1 aromatic rings. The topological polar surface area (TPSA) is 105 Å². The number of imide groups is 1. The standard InChI is InChI=1S/C23H31N3O5/c1-4-16(3)19(17-8-6-5-7-9-17)20(28)31-14-18(27)25-26-21(29)23(24-22(26)30)12-10-15(2)11-13-23/h5-9,15-16,19H,4,10-14H2,1-3H3,(H,24,30)(H,25,27). The van der Waals surface area contributed by atoms with Crippen molar-refractivity contribution in [2.24, 2.45) is 11.8 Å². The normalized spacial score (nSPS) is 25.1. The van der Waals surface area contributed by atoms with Gasteiger partial charge in [0.05, 0.1) is 5.92 Å². The van der Waals surface area contributed by atoms with Crippen LogP contribution in [0.2, 0.25) is 0 Å². The lowest BCUT2D eigenvalue weighted by Gasteiger charge is -2.33. The van der Waals surface area contributed by atoms with E-state index in [2.05, 4.69) is 17.7 Å². The van der Waals surface area contributed by atoms with Gasteiger partial charge in [0.25, 0.3) is 11.8 Å². The number of hydrogen-bond donors (Lipinski definition) is 2. The molecule has 1 saturated heterocycles. The number of carbonyl (C=O) groups excluding carboxylic acids is 4. The van der Waals surface area contributed by atoms with E-state index in [1.165, 1.54) is 0 Å². The van der Waals surface area contributed by atoms with Gasteiger partial charge in [0.15, 0.2) is 6.61 Å². The summed E-state index contributed by atoms with van der Waals surface area (Å²) in [5, 5.41) is 3.45. The summed E-state index contributed by atoms with van der Waals surface area (Å²) < 4.78 is 5.25.